The Kier molecular flexibility index (Phi) is 44.0. The van der Waals surface area contributed by atoms with Crippen LogP contribution in [0.5, 0.6) is 17.2 Å². The summed E-state index contributed by atoms with van der Waals surface area (Å²) < 4.78 is 124. The van der Waals surface area contributed by atoms with Gasteiger partial charge in [0.2, 0.25) is 0 Å². The first-order valence-electron chi connectivity index (χ1n) is 46.3. The first-order valence-corrected chi connectivity index (χ1v) is 59.2. The van der Waals surface area contributed by atoms with Crippen LogP contribution in [0.4, 0.5) is 26.3 Å². The van der Waals surface area contributed by atoms with Gasteiger partial charge in [-0.2, -0.15) is 21.6 Å². The number of rotatable bonds is 27. The maximum absolute atomic E-state index is 13.5. The molecule has 0 N–H and O–H groups in total. The minimum absolute atomic E-state index is 0.0220. The van der Waals surface area contributed by atoms with E-state index >= 15 is 0 Å². The van der Waals surface area contributed by atoms with Crippen molar-refractivity contribution < 1.29 is 57.9 Å². The van der Waals surface area contributed by atoms with Crippen molar-refractivity contribution in [2.75, 3.05) is 68.5 Å². The SMILES string of the molecule is CCCC[S+](CCCC)CCCC.COc1c(C)cc([S+](c2ccccc2)C(F)(F)F)cc1C.C[S+](C)C.C[S+](C)c1ccccc1.C[S+](c1ccc(C(C)(C)C)cc1)c1ccc(C(C)(C)C)cc1.Cc1cc([S+](c2ccccc2)c2ccccc2)cc(C)c1OCC(=O)OC12CC3CC(CC(C3)C1)C2.Cc1cc([S+](c2ccccc2)c2ccccc2)cc(C)c1OS(=O)(=O)C(F)(F)F. The van der Waals surface area contributed by atoms with E-state index in [9.17, 15) is 39.6 Å². The molecule has 15 rings (SSSR count). The van der Waals surface area contributed by atoms with Crippen LogP contribution in [-0.2, 0) is 107 Å². The number of hydrogen-bond donors (Lipinski definition) is 0. The number of aryl methyl sites for hydroxylation is 6. The Balaban J connectivity index is 0.000000205. The van der Waals surface area contributed by atoms with Crippen LogP contribution in [0.3, 0.4) is 0 Å². The summed E-state index contributed by atoms with van der Waals surface area (Å²) >= 11 is 0. The number of ether oxygens (including phenoxy) is 3. The molecule has 0 spiro atoms. The van der Waals surface area contributed by atoms with Crippen molar-refractivity contribution in [2.45, 2.75) is 262 Å². The minimum Gasteiger partial charge on any atom is -0.496 e. The van der Waals surface area contributed by atoms with E-state index < -0.39 is 42.9 Å². The highest BCUT2D eigenvalue weighted by Gasteiger charge is 2.56. The number of alkyl halides is 6. The van der Waals surface area contributed by atoms with Crippen molar-refractivity contribution in [3.05, 3.63) is 311 Å². The van der Waals surface area contributed by atoms with Gasteiger partial charge in [0.1, 0.15) is 58.9 Å². The predicted octanol–water partition coefficient (Wildman–Crippen LogP) is 30.2. The normalized spacial score (nSPS) is 15.9. The summed E-state index contributed by atoms with van der Waals surface area (Å²) in [7, 11) is -4.92. The average molecular weight is 1990 g/mol. The lowest BCUT2D eigenvalue weighted by Crippen LogP contribution is -2.53. The van der Waals surface area contributed by atoms with E-state index in [0.717, 1.165) is 79.5 Å². The van der Waals surface area contributed by atoms with Crippen LogP contribution >= 0.6 is 0 Å². The lowest BCUT2D eigenvalue weighted by Gasteiger charge is -2.55. The highest BCUT2D eigenvalue weighted by atomic mass is 32.2. The number of hydrogen-bond acceptors (Lipinski definition) is 7. The zero-order valence-corrected chi connectivity index (χ0v) is 89.4. The molecular formula is C113H145F6O7S8+7. The van der Waals surface area contributed by atoms with Gasteiger partial charge < -0.3 is 18.4 Å². The molecule has 0 saturated heterocycles. The zero-order chi connectivity index (χ0) is 98.3. The molecule has 4 bridgehead atoms. The van der Waals surface area contributed by atoms with Crippen molar-refractivity contribution in [3.8, 4) is 17.2 Å². The quantitative estimate of drug-likeness (QED) is 0.0167. The van der Waals surface area contributed by atoms with E-state index in [1.165, 1.54) is 149 Å². The van der Waals surface area contributed by atoms with E-state index in [1.54, 1.807) is 56.3 Å². The second-order valence-corrected chi connectivity index (χ2v) is 53.9. The Morgan fingerprint density at radius 2 is 0.679 bits per heavy atom. The molecule has 0 radical (unpaired) electrons. The molecule has 11 aromatic carbocycles. The van der Waals surface area contributed by atoms with Gasteiger partial charge in [-0.15, -0.1) is 13.2 Å². The number of unbranched alkanes of at least 4 members (excludes halogenated alkanes) is 3. The van der Waals surface area contributed by atoms with Crippen LogP contribution in [-0.4, -0.2) is 99.5 Å². The number of methoxy groups -OCH3 is 1. The fraction of sp³-hybridized carbons (Fsp3) is 0.407. The molecule has 11 aromatic rings. The zero-order valence-electron chi connectivity index (χ0n) is 82.8. The van der Waals surface area contributed by atoms with E-state index in [1.807, 2.05) is 60.7 Å². The van der Waals surface area contributed by atoms with Crippen LogP contribution < -0.4 is 13.7 Å². The van der Waals surface area contributed by atoms with Crippen molar-refractivity contribution in [2.24, 2.45) is 17.8 Å². The number of benzene rings is 11. The number of halogens is 6. The van der Waals surface area contributed by atoms with Gasteiger partial charge in [-0.3, -0.25) is 0 Å². The molecule has 4 aliphatic rings. The molecule has 21 heteroatoms. The molecule has 722 valence electrons. The average Bonchev–Trinajstić information content (AvgIpc) is 0.746. The number of carbonyl (C=O) groups excluding carboxylic acids is 1. The van der Waals surface area contributed by atoms with Crippen LogP contribution in [0.2, 0.25) is 0 Å². The first-order chi connectivity index (χ1) is 63.4. The highest BCUT2D eigenvalue weighted by molar-refractivity contribution is 7.98. The highest BCUT2D eigenvalue weighted by Crippen LogP contribution is 2.57. The van der Waals surface area contributed by atoms with Crippen LogP contribution in [0, 0.1) is 59.3 Å². The van der Waals surface area contributed by atoms with E-state index in [4.69, 9.17) is 14.2 Å². The molecule has 4 fully saturated rings. The third-order valence-electron chi connectivity index (χ3n) is 23.2. The molecule has 1 unspecified atom stereocenters. The lowest BCUT2D eigenvalue weighted by atomic mass is 9.54. The van der Waals surface area contributed by atoms with Gasteiger partial charge >= 0.3 is 27.1 Å². The Labute approximate surface area is 820 Å². The molecule has 0 aliphatic heterocycles. The minimum atomic E-state index is -5.73. The smallest absolute Gasteiger partial charge is 0.496 e. The summed E-state index contributed by atoms with van der Waals surface area (Å²) in [4.78, 5) is 24.5. The molecular weight excluding hydrogens is 1840 g/mol. The van der Waals surface area contributed by atoms with E-state index in [-0.39, 0.29) is 66.3 Å². The Hall–Kier alpha value is -7.73. The molecule has 0 amide bonds. The van der Waals surface area contributed by atoms with Crippen molar-refractivity contribution in [3.63, 3.8) is 0 Å². The van der Waals surface area contributed by atoms with Gasteiger partial charge in [0, 0.05) is 47.3 Å². The Morgan fingerprint density at radius 1 is 0.388 bits per heavy atom. The monoisotopic (exact) mass is 1980 g/mol. The summed E-state index contributed by atoms with van der Waals surface area (Å²) in [5.74, 6) is 7.72. The molecule has 4 aliphatic carbocycles. The maximum Gasteiger partial charge on any atom is 0.586 e. The van der Waals surface area contributed by atoms with Crippen LogP contribution in [0.25, 0.3) is 0 Å². The van der Waals surface area contributed by atoms with Crippen LogP contribution in [0.1, 0.15) is 184 Å². The fourth-order valence-electron chi connectivity index (χ4n) is 17.0. The lowest BCUT2D eigenvalue weighted by molar-refractivity contribution is -0.188. The fourth-order valence-corrected chi connectivity index (χ4v) is 28.7. The van der Waals surface area contributed by atoms with Gasteiger partial charge in [0.15, 0.2) is 71.4 Å². The molecule has 0 heterocycles. The summed E-state index contributed by atoms with van der Waals surface area (Å²) in [6, 6.07) is 88.6. The summed E-state index contributed by atoms with van der Waals surface area (Å²) in [5, 5.41) is 0. The van der Waals surface area contributed by atoms with E-state index in [2.05, 4.69) is 270 Å². The van der Waals surface area contributed by atoms with Gasteiger partial charge in [0.05, 0.1) is 58.6 Å². The third-order valence-corrected chi connectivity index (χ3v) is 36.2. The second kappa shape index (κ2) is 52.9. The van der Waals surface area contributed by atoms with E-state index in [0.29, 0.717) is 49.8 Å². The second-order valence-electron chi connectivity index (χ2n) is 37.3. The van der Waals surface area contributed by atoms with Gasteiger partial charge in [-0.25, -0.2) is 4.79 Å². The summed E-state index contributed by atoms with van der Waals surface area (Å²) in [6.07, 6.45) is 29.0. The maximum atomic E-state index is 13.5. The predicted molar refractivity (Wildman–Crippen MR) is 565 cm³/mol. The number of carbonyl (C=O) groups is 1. The summed E-state index contributed by atoms with van der Waals surface area (Å²) in [5.41, 5.74) is -2.61. The summed E-state index contributed by atoms with van der Waals surface area (Å²) in [6.45, 7) is 31.2. The van der Waals surface area contributed by atoms with Crippen molar-refractivity contribution >= 4 is 92.4 Å². The Morgan fingerprint density at radius 3 is 0.955 bits per heavy atom. The van der Waals surface area contributed by atoms with Gasteiger partial charge in [0.25, 0.3) is 0 Å². The number of esters is 1. The Bertz CT molecular complexity index is 5200. The molecule has 134 heavy (non-hydrogen) atoms. The van der Waals surface area contributed by atoms with Gasteiger partial charge in [-0.05, 0) is 291 Å². The third kappa shape index (κ3) is 34.1. The van der Waals surface area contributed by atoms with Gasteiger partial charge in [-0.1, -0.05) is 215 Å². The first kappa shape index (κ1) is 112. The molecule has 4 saturated carbocycles. The topological polar surface area (TPSA) is 88.1 Å². The largest absolute Gasteiger partial charge is 0.586 e. The van der Waals surface area contributed by atoms with Crippen molar-refractivity contribution in [1.29, 1.82) is 0 Å². The standard InChI is InChI=1S/C32H35O3S.C21H18F3O3S2.C21H29S.C16H16F3OS.C12H27S.C8H11S.C3H9S/c1-22-13-29(36(27-9-5-3-6-10-27)28-11-7-4-8-12-28)14-23(2)31(22)34-21-30(33)35-32-18-24-15-25(19-32)17-26(16-24)20-32;1-15-13-19(14-16(2)20(15)27-29(25,26)21(22,23)24)28(17-9-5-3-6-10-17)18-11-7-4-8-12-18;1-20(2,3)16-8-12-18(13-9-16)22(7)19-14-10-17(11-15-19)21(4,5)6;1-11-9-14(10-12(2)15(11)20-3)21(16(17,18)19)13-7-5-4-6-8-13;1-4-7-10-13(11-8-5-2)12-9-6-3;1-9(2)8-6-4-3-5-7-8;1-4(2)3/h3-14,24-26H,15-21H2,1-2H3;3-14H,1-2H3;8-15H,1-7H3;4-10H,1-3H3;4-12H2,1-3H3;3-7H,1-2H3;1-3H3/q7*+1. The molecule has 1 atom stereocenters. The van der Waals surface area contributed by atoms with Crippen LogP contribution in [0.15, 0.2) is 321 Å². The molecule has 7 nitrogen and oxygen atoms in total. The molecule has 0 aromatic heterocycles. The van der Waals surface area contributed by atoms with Crippen molar-refractivity contribution in [1.82, 2.24) is 0 Å².